The molecule has 6 nitrogen and oxygen atoms in total. The number of hydrogen-bond acceptors (Lipinski definition) is 3. The molecule has 6 heteroatoms. The molecule has 2 rings (SSSR count). The van der Waals surface area contributed by atoms with Gasteiger partial charge in [-0.25, -0.2) is 4.79 Å². The van der Waals surface area contributed by atoms with E-state index in [9.17, 15) is 4.79 Å². The molecule has 2 amide bonds. The molecule has 0 spiro atoms. The number of hydrogen-bond donors (Lipinski definition) is 4. The van der Waals surface area contributed by atoms with Crippen LogP contribution in [0, 0.1) is 6.92 Å². The van der Waals surface area contributed by atoms with Gasteiger partial charge in [-0.3, -0.25) is 0 Å². The minimum Gasteiger partial charge on any atom is -0.409 e. The maximum Gasteiger partial charge on any atom is 0.323 e. The average Bonchev–Trinajstić information content (AvgIpc) is 2.49. The van der Waals surface area contributed by atoms with Crippen molar-refractivity contribution in [3.05, 3.63) is 59.7 Å². The van der Waals surface area contributed by atoms with Crippen LogP contribution in [0.1, 0.15) is 11.1 Å². The van der Waals surface area contributed by atoms with Crippen molar-refractivity contribution in [2.24, 2.45) is 10.9 Å². The lowest BCUT2D eigenvalue weighted by Crippen LogP contribution is -2.20. The van der Waals surface area contributed by atoms with E-state index >= 15 is 0 Å². The monoisotopic (exact) mass is 284 g/mol. The van der Waals surface area contributed by atoms with Crippen LogP contribution in [-0.2, 0) is 0 Å². The second kappa shape index (κ2) is 6.42. The van der Waals surface area contributed by atoms with Crippen molar-refractivity contribution in [1.82, 2.24) is 0 Å². The van der Waals surface area contributed by atoms with Crippen molar-refractivity contribution in [3.63, 3.8) is 0 Å². The summed E-state index contributed by atoms with van der Waals surface area (Å²) in [4.78, 5) is 11.9. The first-order valence-electron chi connectivity index (χ1n) is 6.31. The summed E-state index contributed by atoms with van der Waals surface area (Å²) < 4.78 is 0. The number of aryl methyl sites for hydroxylation is 1. The molecule has 21 heavy (non-hydrogen) atoms. The number of nitrogens with one attached hydrogen (secondary N) is 2. The third-order valence-electron chi connectivity index (χ3n) is 2.83. The van der Waals surface area contributed by atoms with Crippen molar-refractivity contribution in [2.45, 2.75) is 6.92 Å². The van der Waals surface area contributed by atoms with Gasteiger partial charge in [0.05, 0.1) is 0 Å². The topological polar surface area (TPSA) is 99.7 Å². The van der Waals surface area contributed by atoms with Gasteiger partial charge in [0.25, 0.3) is 0 Å². The number of anilines is 2. The molecular weight excluding hydrogens is 268 g/mol. The fourth-order valence-electron chi connectivity index (χ4n) is 1.74. The average molecular weight is 284 g/mol. The molecule has 0 fully saturated rings. The highest BCUT2D eigenvalue weighted by atomic mass is 16.4. The van der Waals surface area contributed by atoms with Gasteiger partial charge in [-0.05, 0) is 31.2 Å². The zero-order chi connectivity index (χ0) is 15.2. The van der Waals surface area contributed by atoms with E-state index < -0.39 is 0 Å². The maximum atomic E-state index is 11.9. The predicted molar refractivity (Wildman–Crippen MR) is 82.8 cm³/mol. The van der Waals surface area contributed by atoms with Gasteiger partial charge in [-0.15, -0.1) is 0 Å². The number of nitrogens with two attached hydrogens (primary N) is 1. The first-order chi connectivity index (χ1) is 10.1. The number of amides is 2. The Kier molecular flexibility index (Phi) is 4.40. The fourth-order valence-corrected chi connectivity index (χ4v) is 1.74. The Morgan fingerprint density at radius 3 is 2.43 bits per heavy atom. The number of benzene rings is 2. The van der Waals surface area contributed by atoms with Crippen molar-refractivity contribution in [1.29, 1.82) is 0 Å². The van der Waals surface area contributed by atoms with Gasteiger partial charge in [0.1, 0.15) is 0 Å². The van der Waals surface area contributed by atoms with Crippen LogP contribution in [0.4, 0.5) is 16.2 Å². The van der Waals surface area contributed by atoms with Gasteiger partial charge >= 0.3 is 6.03 Å². The Morgan fingerprint density at radius 2 is 1.76 bits per heavy atom. The van der Waals surface area contributed by atoms with E-state index in [1.54, 1.807) is 24.3 Å². The van der Waals surface area contributed by atoms with Crippen LogP contribution in [0.3, 0.4) is 0 Å². The van der Waals surface area contributed by atoms with Crippen molar-refractivity contribution in [3.8, 4) is 0 Å². The number of oxime groups is 1. The summed E-state index contributed by atoms with van der Waals surface area (Å²) in [5, 5.41) is 17.0. The molecule has 0 heterocycles. The molecule has 0 aromatic heterocycles. The van der Waals surface area contributed by atoms with Crippen molar-refractivity contribution < 1.29 is 10.0 Å². The van der Waals surface area contributed by atoms with Gasteiger partial charge in [-0.1, -0.05) is 35.0 Å². The maximum absolute atomic E-state index is 11.9. The van der Waals surface area contributed by atoms with Crippen LogP contribution in [0.5, 0.6) is 0 Å². The molecule has 2 aromatic rings. The molecule has 0 aliphatic rings. The molecule has 0 bridgehead atoms. The SMILES string of the molecule is Cc1ccc(NC(=O)Nc2cccc(/C(N)=N/O)c2)cc1. The number of carbonyl (C=O) groups excluding carboxylic acids is 1. The van der Waals surface area contributed by atoms with Crippen molar-refractivity contribution >= 4 is 23.2 Å². The van der Waals surface area contributed by atoms with Crippen LogP contribution in [-0.4, -0.2) is 17.1 Å². The Bertz CT molecular complexity index is 666. The third-order valence-corrected chi connectivity index (χ3v) is 2.83. The summed E-state index contributed by atoms with van der Waals surface area (Å²) >= 11 is 0. The number of rotatable bonds is 3. The zero-order valence-corrected chi connectivity index (χ0v) is 11.5. The number of nitrogens with zero attached hydrogens (tertiary/aromatic N) is 1. The molecule has 0 aliphatic heterocycles. The van der Waals surface area contributed by atoms with Crippen LogP contribution in [0.25, 0.3) is 0 Å². The van der Waals surface area contributed by atoms with Crippen LogP contribution < -0.4 is 16.4 Å². The Balaban J connectivity index is 2.04. The minimum absolute atomic E-state index is 0.0161. The molecule has 0 atom stereocenters. The Morgan fingerprint density at radius 1 is 1.10 bits per heavy atom. The second-order valence-electron chi connectivity index (χ2n) is 4.51. The minimum atomic E-state index is -0.365. The highest BCUT2D eigenvalue weighted by Crippen LogP contribution is 2.12. The second-order valence-corrected chi connectivity index (χ2v) is 4.51. The summed E-state index contributed by atoms with van der Waals surface area (Å²) in [7, 11) is 0. The lowest BCUT2D eigenvalue weighted by atomic mass is 10.2. The number of urea groups is 1. The summed E-state index contributed by atoms with van der Waals surface area (Å²) in [6, 6.07) is 13.8. The van der Waals surface area contributed by atoms with Crippen LogP contribution >= 0.6 is 0 Å². The van der Waals surface area contributed by atoms with Gasteiger partial charge < -0.3 is 21.6 Å². The van der Waals surface area contributed by atoms with Crippen LogP contribution in [0.15, 0.2) is 53.7 Å². The predicted octanol–water partition coefficient (Wildman–Crippen LogP) is 2.73. The van der Waals surface area contributed by atoms with E-state index in [0.29, 0.717) is 16.9 Å². The summed E-state index contributed by atoms with van der Waals surface area (Å²) in [5.41, 5.74) is 8.39. The lowest BCUT2D eigenvalue weighted by Gasteiger charge is -2.09. The largest absolute Gasteiger partial charge is 0.409 e. The molecule has 0 unspecified atom stereocenters. The van der Waals surface area contributed by atoms with E-state index in [-0.39, 0.29) is 11.9 Å². The standard InChI is InChI=1S/C15H16N4O2/c1-10-5-7-12(8-6-10)17-15(20)18-13-4-2-3-11(9-13)14(16)19-21/h2-9,21H,1H3,(H2,16,19)(H2,17,18,20). The zero-order valence-electron chi connectivity index (χ0n) is 11.5. The Hall–Kier alpha value is -3.02. The summed E-state index contributed by atoms with van der Waals surface area (Å²) in [5.74, 6) is -0.0161. The molecule has 2 aromatic carbocycles. The van der Waals surface area contributed by atoms with E-state index in [4.69, 9.17) is 10.9 Å². The molecule has 0 saturated carbocycles. The lowest BCUT2D eigenvalue weighted by molar-refractivity contribution is 0.262. The van der Waals surface area contributed by atoms with Gasteiger partial charge in [-0.2, -0.15) is 0 Å². The van der Waals surface area contributed by atoms with Crippen LogP contribution in [0.2, 0.25) is 0 Å². The number of carbonyl (C=O) groups is 1. The molecule has 5 N–H and O–H groups in total. The van der Waals surface area contributed by atoms with Gasteiger partial charge in [0.15, 0.2) is 5.84 Å². The summed E-state index contributed by atoms with van der Waals surface area (Å²) in [6.45, 7) is 1.97. The Labute approximate surface area is 122 Å². The molecule has 0 aliphatic carbocycles. The van der Waals surface area contributed by atoms with E-state index in [0.717, 1.165) is 5.56 Å². The van der Waals surface area contributed by atoms with E-state index in [1.165, 1.54) is 0 Å². The first-order valence-corrected chi connectivity index (χ1v) is 6.31. The van der Waals surface area contributed by atoms with E-state index in [2.05, 4.69) is 15.8 Å². The first kappa shape index (κ1) is 14.4. The molecule has 0 radical (unpaired) electrons. The van der Waals surface area contributed by atoms with Crippen molar-refractivity contribution in [2.75, 3.05) is 10.6 Å². The van der Waals surface area contributed by atoms with Gasteiger partial charge in [0.2, 0.25) is 0 Å². The van der Waals surface area contributed by atoms with Gasteiger partial charge in [0, 0.05) is 16.9 Å². The normalized spacial score (nSPS) is 11.0. The third kappa shape index (κ3) is 3.97. The summed E-state index contributed by atoms with van der Waals surface area (Å²) in [6.07, 6.45) is 0. The van der Waals surface area contributed by atoms with E-state index in [1.807, 2.05) is 31.2 Å². The molecule has 0 saturated heterocycles. The smallest absolute Gasteiger partial charge is 0.323 e. The highest BCUT2D eigenvalue weighted by molar-refractivity contribution is 6.02. The highest BCUT2D eigenvalue weighted by Gasteiger charge is 2.05. The quantitative estimate of drug-likeness (QED) is 0.302. The number of amidine groups is 1. The molecule has 108 valence electrons. The fraction of sp³-hybridized carbons (Fsp3) is 0.0667. The molecular formula is C15H16N4O2.